The molecule has 4 aromatic heterocycles. The lowest BCUT2D eigenvalue weighted by atomic mass is 9.92. The molecule has 34 heavy (non-hydrogen) atoms. The average Bonchev–Trinajstić information content (AvgIpc) is 3.49. The van der Waals surface area contributed by atoms with Crippen molar-refractivity contribution in [3.63, 3.8) is 0 Å². The van der Waals surface area contributed by atoms with Crippen LogP contribution in [0.5, 0.6) is 0 Å². The molecule has 12 nitrogen and oxygen atoms in total. The van der Waals surface area contributed by atoms with Gasteiger partial charge in [-0.05, 0) is 19.9 Å². The minimum atomic E-state index is -3.42. The molecular formula is C21H24N10O2S. The van der Waals surface area contributed by atoms with E-state index in [2.05, 4.69) is 20.1 Å². The first-order valence-electron chi connectivity index (χ1n) is 10.7. The monoisotopic (exact) mass is 480 g/mol. The zero-order chi connectivity index (χ0) is 24.3. The molecule has 1 fully saturated rings. The zero-order valence-corrected chi connectivity index (χ0v) is 19.8. The van der Waals surface area contributed by atoms with Gasteiger partial charge in [0.15, 0.2) is 11.4 Å². The number of hydrogen-bond donors (Lipinski definition) is 1. The Kier molecular flexibility index (Phi) is 4.96. The Morgan fingerprint density at radius 3 is 2.65 bits per heavy atom. The van der Waals surface area contributed by atoms with Gasteiger partial charge in [-0.25, -0.2) is 24.5 Å². The maximum absolute atomic E-state index is 12.6. The van der Waals surface area contributed by atoms with Crippen LogP contribution >= 0.6 is 0 Å². The van der Waals surface area contributed by atoms with Crippen LogP contribution in [0.3, 0.4) is 0 Å². The zero-order valence-electron chi connectivity index (χ0n) is 19.0. The van der Waals surface area contributed by atoms with Gasteiger partial charge in [0.1, 0.15) is 5.69 Å². The molecule has 0 aromatic carbocycles. The van der Waals surface area contributed by atoms with Gasteiger partial charge in [-0.2, -0.15) is 19.6 Å². The molecule has 1 aliphatic rings. The molecule has 5 rings (SSSR count). The van der Waals surface area contributed by atoms with E-state index in [9.17, 15) is 8.42 Å². The van der Waals surface area contributed by atoms with Crippen LogP contribution in [0.2, 0.25) is 0 Å². The molecule has 1 aliphatic heterocycles. The standard InChI is InChI=1S/C21H24N10O2S/c1-14(2)34(32,33)29-12-21(13-29,11-23-3)31-9-16(20(22)27-31)19-18-5-6-24-30(18)10-17(26-19)15-7-25-28(4)8-15/h5-10,14H,11-13H2,1-2,4H3,(H2,22,27). The summed E-state index contributed by atoms with van der Waals surface area (Å²) in [5.74, 6) is 0.244. The molecule has 0 saturated carbocycles. The number of sulfonamides is 1. The smallest absolute Gasteiger partial charge is 0.242 e. The normalized spacial score (nSPS) is 16.1. The highest BCUT2D eigenvalue weighted by atomic mass is 32.2. The molecule has 0 spiro atoms. The first kappa shape index (κ1) is 22.1. The molecule has 0 amide bonds. The van der Waals surface area contributed by atoms with E-state index >= 15 is 0 Å². The maximum atomic E-state index is 12.6. The summed E-state index contributed by atoms with van der Waals surface area (Å²) in [5, 5.41) is 12.5. The fourth-order valence-corrected chi connectivity index (χ4v) is 5.62. The molecule has 13 heteroatoms. The van der Waals surface area contributed by atoms with Crippen LogP contribution in [0.25, 0.3) is 32.9 Å². The maximum Gasteiger partial charge on any atom is 0.242 e. The van der Waals surface area contributed by atoms with Crippen molar-refractivity contribution < 1.29 is 8.42 Å². The number of hydrogen-bond acceptors (Lipinski definition) is 7. The van der Waals surface area contributed by atoms with Gasteiger partial charge in [-0.1, -0.05) is 0 Å². The highest BCUT2D eigenvalue weighted by Gasteiger charge is 2.53. The fourth-order valence-electron chi connectivity index (χ4n) is 4.18. The summed E-state index contributed by atoms with van der Waals surface area (Å²) in [6, 6.07) is 1.83. The predicted octanol–water partition coefficient (Wildman–Crippen LogP) is 1.24. The van der Waals surface area contributed by atoms with Gasteiger partial charge in [0, 0.05) is 38.1 Å². The Morgan fingerprint density at radius 1 is 1.24 bits per heavy atom. The molecule has 2 N–H and O–H groups in total. The van der Waals surface area contributed by atoms with Crippen molar-refractivity contribution in [2.24, 2.45) is 7.05 Å². The first-order chi connectivity index (χ1) is 16.1. The molecule has 0 radical (unpaired) electrons. The van der Waals surface area contributed by atoms with Crippen LogP contribution in [-0.2, 0) is 22.6 Å². The highest BCUT2D eigenvalue weighted by molar-refractivity contribution is 7.89. The summed E-state index contributed by atoms with van der Waals surface area (Å²) < 4.78 is 31.6. The summed E-state index contributed by atoms with van der Waals surface area (Å²) >= 11 is 0. The van der Waals surface area contributed by atoms with Gasteiger partial charge >= 0.3 is 0 Å². The van der Waals surface area contributed by atoms with Crippen LogP contribution in [0.15, 0.2) is 37.1 Å². The third-order valence-corrected chi connectivity index (χ3v) is 8.31. The Morgan fingerprint density at radius 2 is 2.00 bits per heavy atom. The van der Waals surface area contributed by atoms with E-state index in [1.807, 2.05) is 25.5 Å². The minimum absolute atomic E-state index is 0.0862. The van der Waals surface area contributed by atoms with Crippen LogP contribution in [0.4, 0.5) is 5.82 Å². The molecule has 0 aliphatic carbocycles. The number of rotatable bonds is 6. The van der Waals surface area contributed by atoms with Gasteiger partial charge in [-0.15, -0.1) is 0 Å². The molecule has 0 atom stereocenters. The topological polar surface area (TPSA) is 134 Å². The second kappa shape index (κ2) is 7.64. The van der Waals surface area contributed by atoms with E-state index in [0.29, 0.717) is 17.0 Å². The second-order valence-electron chi connectivity index (χ2n) is 8.81. The van der Waals surface area contributed by atoms with Gasteiger partial charge < -0.3 is 10.6 Å². The minimum Gasteiger partial charge on any atom is -0.382 e. The summed E-state index contributed by atoms with van der Waals surface area (Å²) in [4.78, 5) is 8.40. The van der Waals surface area contributed by atoms with Crippen molar-refractivity contribution in [3.8, 4) is 22.5 Å². The average molecular weight is 481 g/mol. The van der Waals surface area contributed by atoms with E-state index < -0.39 is 20.8 Å². The lowest BCUT2D eigenvalue weighted by molar-refractivity contribution is 0.0829. The van der Waals surface area contributed by atoms with E-state index in [-0.39, 0.29) is 25.5 Å². The van der Waals surface area contributed by atoms with Crippen LogP contribution in [0.1, 0.15) is 13.8 Å². The first-order valence-corrected chi connectivity index (χ1v) is 12.2. The predicted molar refractivity (Wildman–Crippen MR) is 126 cm³/mol. The highest BCUT2D eigenvalue weighted by Crippen LogP contribution is 2.37. The summed E-state index contributed by atoms with van der Waals surface area (Å²) in [6.45, 7) is 11.2. The molecule has 1 saturated heterocycles. The number of aromatic nitrogens is 7. The van der Waals surface area contributed by atoms with Crippen molar-refractivity contribution in [2.45, 2.75) is 24.6 Å². The SMILES string of the molecule is [C-]#[N+]CC1(n2cc(-c3nc(-c4cnn(C)c4)cn4nccc34)c(N)n2)CN(S(=O)(=O)C(C)C)C1. The van der Waals surface area contributed by atoms with Crippen LogP contribution in [-0.4, -0.2) is 71.8 Å². The number of fused-ring (bicyclic) bond motifs is 1. The van der Waals surface area contributed by atoms with Crippen molar-refractivity contribution >= 4 is 21.4 Å². The molecule has 0 bridgehead atoms. The Balaban J connectivity index is 1.58. The van der Waals surface area contributed by atoms with E-state index in [4.69, 9.17) is 17.3 Å². The van der Waals surface area contributed by atoms with E-state index in [1.54, 1.807) is 46.3 Å². The van der Waals surface area contributed by atoms with Crippen molar-refractivity contribution in [1.29, 1.82) is 0 Å². The van der Waals surface area contributed by atoms with Crippen molar-refractivity contribution in [3.05, 3.63) is 48.5 Å². The Bertz CT molecular complexity index is 1530. The molecular weight excluding hydrogens is 456 g/mol. The molecule has 176 valence electrons. The van der Waals surface area contributed by atoms with Crippen molar-refractivity contribution in [1.82, 2.24) is 38.5 Å². The molecule has 0 unspecified atom stereocenters. The number of nitrogens with zero attached hydrogens (tertiary/aromatic N) is 9. The number of nitrogen functional groups attached to an aromatic ring is 1. The van der Waals surface area contributed by atoms with Crippen LogP contribution < -0.4 is 5.73 Å². The van der Waals surface area contributed by atoms with E-state index in [0.717, 1.165) is 11.1 Å². The third-order valence-electron chi connectivity index (χ3n) is 6.14. The summed E-state index contributed by atoms with van der Waals surface area (Å²) in [7, 11) is -1.59. The number of aryl methyl sites for hydroxylation is 1. The van der Waals surface area contributed by atoms with E-state index in [1.165, 1.54) is 4.31 Å². The van der Waals surface area contributed by atoms with Gasteiger partial charge in [-0.3, -0.25) is 9.36 Å². The van der Waals surface area contributed by atoms with Gasteiger partial charge in [0.05, 0.1) is 40.6 Å². The number of anilines is 1. The van der Waals surface area contributed by atoms with Crippen molar-refractivity contribution in [2.75, 3.05) is 25.4 Å². The lowest BCUT2D eigenvalue weighted by Crippen LogP contribution is -2.66. The summed E-state index contributed by atoms with van der Waals surface area (Å²) in [5.41, 5.74) is 8.97. The fraction of sp³-hybridized carbons (Fsp3) is 0.381. The van der Waals surface area contributed by atoms with Crippen LogP contribution in [0, 0.1) is 6.57 Å². The lowest BCUT2D eigenvalue weighted by Gasteiger charge is -2.46. The molecule has 5 heterocycles. The molecule has 4 aromatic rings. The second-order valence-corrected chi connectivity index (χ2v) is 11.3. The third kappa shape index (κ3) is 3.34. The van der Waals surface area contributed by atoms with Gasteiger partial charge in [0.25, 0.3) is 0 Å². The Hall–Kier alpha value is -3.76. The quantitative estimate of drug-likeness (QED) is 0.411. The largest absolute Gasteiger partial charge is 0.382 e. The number of nitrogens with two attached hydrogens (primary N) is 1. The van der Waals surface area contributed by atoms with Gasteiger partial charge in [0.2, 0.25) is 16.6 Å². The summed E-state index contributed by atoms with van der Waals surface area (Å²) in [6.07, 6.45) is 8.82. The Labute approximate surface area is 196 Å².